The van der Waals surface area contributed by atoms with E-state index in [9.17, 15) is 9.59 Å². The number of carbonyl (C=O) groups excluding carboxylic acids is 2. The molecule has 4 nitrogen and oxygen atoms in total. The molecular formula is C17H42N2O2. The first-order valence-corrected chi connectivity index (χ1v) is 7.93. The quantitative estimate of drug-likeness (QED) is 0.725. The molecule has 0 bridgehead atoms. The average Bonchev–Trinajstić information content (AvgIpc) is 2.86. The number of rotatable bonds is 1. The van der Waals surface area contributed by atoms with Crippen LogP contribution in [0.3, 0.4) is 0 Å². The second-order valence-corrected chi connectivity index (χ2v) is 4.16. The van der Waals surface area contributed by atoms with Crippen molar-refractivity contribution < 1.29 is 11.0 Å². The lowest BCUT2D eigenvalue weighted by Crippen LogP contribution is -2.46. The van der Waals surface area contributed by atoms with Crippen LogP contribution in [0.1, 0.15) is 70.7 Å². The maximum Gasteiger partial charge on any atom is 0.245 e. The molecule has 4 heteroatoms. The van der Waals surface area contributed by atoms with E-state index in [0.717, 1.165) is 6.42 Å². The number of hydrogen-bond acceptors (Lipinski definition) is 2. The lowest BCUT2D eigenvalue weighted by molar-refractivity contribution is -0.142. The van der Waals surface area contributed by atoms with Crippen LogP contribution in [-0.2, 0) is 9.59 Å². The standard InChI is InChI=1S/C10H18N2O2.3C2H6.CH4.H2/c1-7-5-6-12(8(2)13)9(7)10(14)11(3)4;3*1-2;;/h7,9H,5-6H2,1-4H3;3*1-2H3;1H4;1H/i;;;;;1+1. The van der Waals surface area contributed by atoms with Gasteiger partial charge >= 0.3 is 0 Å². The van der Waals surface area contributed by atoms with Gasteiger partial charge in [0.2, 0.25) is 11.8 Å². The van der Waals surface area contributed by atoms with Crippen molar-refractivity contribution >= 4 is 11.8 Å². The van der Waals surface area contributed by atoms with Gasteiger partial charge in [0, 0.05) is 29.0 Å². The topological polar surface area (TPSA) is 40.6 Å². The van der Waals surface area contributed by atoms with Crippen LogP contribution in [0.4, 0.5) is 0 Å². The van der Waals surface area contributed by atoms with Crippen molar-refractivity contribution in [3.8, 4) is 0 Å². The summed E-state index contributed by atoms with van der Waals surface area (Å²) in [7, 11) is 3.46. The van der Waals surface area contributed by atoms with Crippen molar-refractivity contribution in [3.63, 3.8) is 0 Å². The number of likely N-dealkylation sites (tertiary alicyclic amines) is 1. The zero-order valence-electron chi connectivity index (χ0n) is 15.3. The minimum absolute atomic E-state index is 0. The zero-order chi connectivity index (χ0) is 16.9. The minimum Gasteiger partial charge on any atom is -0.347 e. The molecule has 0 aromatic carbocycles. The number of hydrogen-bond donors (Lipinski definition) is 0. The Morgan fingerprint density at radius 2 is 1.43 bits per heavy atom. The lowest BCUT2D eigenvalue weighted by Gasteiger charge is -2.27. The molecule has 2 unspecified atom stereocenters. The maximum atomic E-state index is 11.8. The van der Waals surface area contributed by atoms with E-state index in [2.05, 4.69) is 0 Å². The molecule has 0 aromatic rings. The number of carbonyl (C=O) groups is 2. The molecule has 0 aliphatic carbocycles. The maximum absolute atomic E-state index is 11.8. The fourth-order valence-corrected chi connectivity index (χ4v) is 1.94. The van der Waals surface area contributed by atoms with Crippen LogP contribution in [0, 0.1) is 5.92 Å². The van der Waals surface area contributed by atoms with E-state index >= 15 is 0 Å². The summed E-state index contributed by atoms with van der Waals surface area (Å²) in [5.41, 5.74) is 0. The first-order chi connectivity index (χ1) is 9.45. The summed E-state index contributed by atoms with van der Waals surface area (Å²) in [5, 5.41) is 0. The largest absolute Gasteiger partial charge is 0.347 e. The summed E-state index contributed by atoms with van der Waals surface area (Å²) in [4.78, 5) is 26.3. The molecule has 1 heterocycles. The summed E-state index contributed by atoms with van der Waals surface area (Å²) in [6, 6.07) is -0.248. The normalized spacial score (nSPS) is 18.5. The van der Waals surface area contributed by atoms with Crippen LogP contribution >= 0.6 is 0 Å². The highest BCUT2D eigenvalue weighted by Gasteiger charge is 2.38. The third-order valence-electron chi connectivity index (χ3n) is 2.80. The molecule has 2 atom stereocenters. The first-order valence-electron chi connectivity index (χ1n) is 7.93. The van der Waals surface area contributed by atoms with E-state index < -0.39 is 0 Å². The van der Waals surface area contributed by atoms with E-state index in [1.54, 1.807) is 23.9 Å². The van der Waals surface area contributed by atoms with E-state index in [-0.39, 0.29) is 32.6 Å². The molecule has 0 saturated carbocycles. The average molecular weight is 308 g/mol. The molecule has 0 N–H and O–H groups in total. The van der Waals surface area contributed by atoms with Crippen molar-refractivity contribution in [2.45, 2.75) is 75.3 Å². The van der Waals surface area contributed by atoms with Gasteiger partial charge in [-0.25, -0.2) is 0 Å². The van der Waals surface area contributed by atoms with Gasteiger partial charge < -0.3 is 9.80 Å². The molecule has 2 amide bonds. The smallest absolute Gasteiger partial charge is 0.245 e. The van der Waals surface area contributed by atoms with E-state index in [1.165, 1.54) is 6.92 Å². The SMILES string of the molecule is C.CC.CC.CC.CC(=O)N1CCC(C)C1C(=O)N(C)C.[2HH]. The highest BCUT2D eigenvalue weighted by Crippen LogP contribution is 2.24. The highest BCUT2D eigenvalue weighted by atomic mass is 16.2. The van der Waals surface area contributed by atoms with E-state index in [0.29, 0.717) is 6.54 Å². The van der Waals surface area contributed by atoms with E-state index in [1.807, 2.05) is 48.5 Å². The van der Waals surface area contributed by atoms with Gasteiger partial charge in [-0.1, -0.05) is 55.9 Å². The second kappa shape index (κ2) is 17.0. The van der Waals surface area contributed by atoms with Crippen LogP contribution in [0.2, 0.25) is 0 Å². The van der Waals surface area contributed by atoms with Gasteiger partial charge in [-0.05, 0) is 12.3 Å². The lowest BCUT2D eigenvalue weighted by atomic mass is 10.0. The fraction of sp³-hybridized carbons (Fsp3) is 0.882. The Hall–Kier alpha value is -1.06. The van der Waals surface area contributed by atoms with Gasteiger partial charge in [0.1, 0.15) is 6.04 Å². The van der Waals surface area contributed by atoms with Crippen molar-refractivity contribution in [1.82, 2.24) is 9.80 Å². The Bertz CT molecular complexity index is 259. The van der Waals surface area contributed by atoms with Crippen LogP contribution < -0.4 is 0 Å². The summed E-state index contributed by atoms with van der Waals surface area (Å²) in [5.74, 6) is 0.300. The Balaban J connectivity index is -0.000000108. The third-order valence-corrected chi connectivity index (χ3v) is 2.80. The van der Waals surface area contributed by atoms with Crippen LogP contribution in [0.15, 0.2) is 0 Å². The Morgan fingerprint density at radius 1 is 1.05 bits per heavy atom. The molecule has 0 aromatic heterocycles. The Kier molecular flexibility index (Phi) is 22.8. The molecular weight excluding hydrogens is 264 g/mol. The van der Waals surface area contributed by atoms with Crippen molar-refractivity contribution in [3.05, 3.63) is 0 Å². The first kappa shape index (κ1) is 28.2. The second-order valence-electron chi connectivity index (χ2n) is 4.16. The summed E-state index contributed by atoms with van der Waals surface area (Å²) < 4.78 is 0. The van der Waals surface area contributed by atoms with Gasteiger partial charge in [0.05, 0.1) is 0 Å². The molecule has 0 spiro atoms. The fourth-order valence-electron chi connectivity index (χ4n) is 1.94. The van der Waals surface area contributed by atoms with Crippen LogP contribution in [0.25, 0.3) is 0 Å². The molecule has 132 valence electrons. The van der Waals surface area contributed by atoms with Crippen molar-refractivity contribution in [2.75, 3.05) is 20.6 Å². The van der Waals surface area contributed by atoms with Gasteiger partial charge in [-0.3, -0.25) is 9.59 Å². The molecule has 1 aliphatic rings. The predicted octanol–water partition coefficient (Wildman–Crippen LogP) is 4.29. The molecule has 21 heavy (non-hydrogen) atoms. The van der Waals surface area contributed by atoms with Gasteiger partial charge in [0.15, 0.2) is 0 Å². The predicted molar refractivity (Wildman–Crippen MR) is 96.5 cm³/mol. The molecule has 1 fully saturated rings. The number of likely N-dealkylation sites (N-methyl/N-ethyl adjacent to an activating group) is 1. The molecule has 1 aliphatic heterocycles. The van der Waals surface area contributed by atoms with Gasteiger partial charge in [-0.15, -0.1) is 0 Å². The number of amides is 2. The van der Waals surface area contributed by atoms with Gasteiger partial charge in [-0.2, -0.15) is 0 Å². The van der Waals surface area contributed by atoms with Gasteiger partial charge in [0.25, 0.3) is 0 Å². The van der Waals surface area contributed by atoms with Crippen LogP contribution in [-0.4, -0.2) is 48.3 Å². The third kappa shape index (κ3) is 9.48. The molecule has 1 saturated heterocycles. The molecule has 1 rings (SSSR count). The monoisotopic (exact) mass is 307 g/mol. The zero-order valence-corrected chi connectivity index (χ0v) is 15.3. The minimum atomic E-state index is -0.248. The van der Waals surface area contributed by atoms with Crippen molar-refractivity contribution in [2.24, 2.45) is 5.92 Å². The van der Waals surface area contributed by atoms with Crippen LogP contribution in [0.5, 0.6) is 0 Å². The summed E-state index contributed by atoms with van der Waals surface area (Å²) in [6.07, 6.45) is 0.920. The summed E-state index contributed by atoms with van der Waals surface area (Å²) in [6.45, 7) is 16.3. The summed E-state index contributed by atoms with van der Waals surface area (Å²) >= 11 is 0. The highest BCUT2D eigenvalue weighted by molar-refractivity contribution is 5.87. The van der Waals surface area contributed by atoms with Crippen molar-refractivity contribution in [1.29, 1.82) is 0 Å². The number of nitrogens with zero attached hydrogens (tertiary/aromatic N) is 2. The molecule has 0 radical (unpaired) electrons. The Labute approximate surface area is 135 Å². The Morgan fingerprint density at radius 3 is 1.71 bits per heavy atom. The van der Waals surface area contributed by atoms with E-state index in [4.69, 9.17) is 0 Å².